The van der Waals surface area contributed by atoms with E-state index in [9.17, 15) is 20.2 Å². The number of nitro benzene ring substituents is 2. The quantitative estimate of drug-likeness (QED) is 0.231. The molecule has 1 atom stereocenters. The summed E-state index contributed by atoms with van der Waals surface area (Å²) in [4.78, 5) is 25.0. The lowest BCUT2D eigenvalue weighted by atomic mass is 10.1. The van der Waals surface area contributed by atoms with Gasteiger partial charge in [0.25, 0.3) is 11.4 Å². The van der Waals surface area contributed by atoms with Crippen molar-refractivity contribution in [3.63, 3.8) is 0 Å². The van der Waals surface area contributed by atoms with Crippen LogP contribution in [-0.2, 0) is 0 Å². The van der Waals surface area contributed by atoms with Gasteiger partial charge in [-0.1, -0.05) is 27.2 Å². The predicted octanol–water partition coefficient (Wildman–Crippen LogP) is 6.57. The Kier molecular flexibility index (Phi) is 13.1. The van der Waals surface area contributed by atoms with Crippen LogP contribution in [0, 0.1) is 42.9 Å². The van der Waals surface area contributed by atoms with E-state index in [0.717, 1.165) is 56.7 Å². The maximum absolute atomic E-state index is 11.0. The summed E-state index contributed by atoms with van der Waals surface area (Å²) < 4.78 is 0. The average Bonchev–Trinajstić information content (AvgIpc) is 2.91. The summed E-state index contributed by atoms with van der Waals surface area (Å²) in [5, 5.41) is 39.6. The van der Waals surface area contributed by atoms with Gasteiger partial charge < -0.3 is 9.80 Å². The molecule has 0 N–H and O–H groups in total. The zero-order chi connectivity index (χ0) is 28.0. The molecule has 2 rings (SSSR count). The van der Waals surface area contributed by atoms with Crippen LogP contribution in [0.2, 0.25) is 0 Å². The van der Waals surface area contributed by atoms with Gasteiger partial charge in [0.15, 0.2) is 0 Å². The predicted molar refractivity (Wildman–Crippen MR) is 146 cm³/mol. The first kappa shape index (κ1) is 30.9. The standard InChI is InChI=1S/C14H19N3O2.C13H17N3O2/c1-4-8-16(11(3)5-2)13-7-6-12(10-15)14(9-13)17(18)19;1-3-5-8-15(4-2)12-6-7-13(16(17)18)11(9-12)10-14/h6-7,9,11H,4-5,8H2,1-3H3;6-7,9H,3-5,8H2,1-2H3. The van der Waals surface area contributed by atoms with Crippen LogP contribution >= 0.6 is 0 Å². The Labute approximate surface area is 219 Å². The van der Waals surface area contributed by atoms with Crippen molar-refractivity contribution in [1.29, 1.82) is 10.5 Å². The first-order chi connectivity index (χ1) is 17.7. The zero-order valence-electron chi connectivity index (χ0n) is 22.3. The number of anilines is 2. The van der Waals surface area contributed by atoms with Crippen LogP contribution in [0.5, 0.6) is 0 Å². The molecule has 0 amide bonds. The zero-order valence-corrected chi connectivity index (χ0v) is 22.3. The highest BCUT2D eigenvalue weighted by molar-refractivity contribution is 5.61. The summed E-state index contributed by atoms with van der Waals surface area (Å²) in [6.45, 7) is 13.0. The van der Waals surface area contributed by atoms with Crippen molar-refractivity contribution in [2.45, 2.75) is 66.3 Å². The lowest BCUT2D eigenvalue weighted by Crippen LogP contribution is -2.33. The van der Waals surface area contributed by atoms with E-state index in [4.69, 9.17) is 10.5 Å². The van der Waals surface area contributed by atoms with Crippen molar-refractivity contribution in [1.82, 2.24) is 0 Å². The molecule has 1 unspecified atom stereocenters. The second-order valence-electron chi connectivity index (χ2n) is 8.52. The van der Waals surface area contributed by atoms with Gasteiger partial charge in [0.1, 0.15) is 23.3 Å². The fraction of sp³-hybridized carbons (Fsp3) is 0.481. The van der Waals surface area contributed by atoms with E-state index in [0.29, 0.717) is 6.04 Å². The van der Waals surface area contributed by atoms with Crippen LogP contribution in [0.4, 0.5) is 22.7 Å². The largest absolute Gasteiger partial charge is 0.372 e. The SMILES string of the molecule is CCCCN(CC)c1ccc([N+](=O)[O-])c(C#N)c1.CCCN(c1ccc(C#N)c([N+](=O)[O-])c1)C(C)CC. The van der Waals surface area contributed by atoms with Crippen molar-refractivity contribution < 1.29 is 9.85 Å². The second kappa shape index (κ2) is 15.7. The van der Waals surface area contributed by atoms with E-state index in [1.54, 1.807) is 18.2 Å². The van der Waals surface area contributed by atoms with Crippen LogP contribution in [0.3, 0.4) is 0 Å². The number of hydrogen-bond donors (Lipinski definition) is 0. The summed E-state index contributed by atoms with van der Waals surface area (Å²) in [6, 6.07) is 13.6. The number of nitriles is 2. The topological polar surface area (TPSA) is 140 Å². The number of nitrogens with zero attached hydrogens (tertiary/aromatic N) is 6. The molecule has 2 aromatic carbocycles. The molecule has 0 aromatic heterocycles. The molecule has 10 heteroatoms. The number of rotatable bonds is 12. The van der Waals surface area contributed by atoms with Gasteiger partial charge in [-0.05, 0) is 57.4 Å². The minimum atomic E-state index is -0.523. The number of benzene rings is 2. The van der Waals surface area contributed by atoms with Crippen LogP contribution < -0.4 is 9.80 Å². The van der Waals surface area contributed by atoms with E-state index in [-0.39, 0.29) is 22.5 Å². The summed E-state index contributed by atoms with van der Waals surface area (Å²) >= 11 is 0. The van der Waals surface area contributed by atoms with Crippen molar-refractivity contribution in [3.8, 4) is 12.1 Å². The highest BCUT2D eigenvalue weighted by Gasteiger charge is 2.19. The van der Waals surface area contributed by atoms with Crippen LogP contribution in [0.25, 0.3) is 0 Å². The fourth-order valence-corrected chi connectivity index (χ4v) is 3.80. The van der Waals surface area contributed by atoms with Crippen LogP contribution in [0.15, 0.2) is 36.4 Å². The Morgan fingerprint density at radius 1 is 0.838 bits per heavy atom. The third-order valence-electron chi connectivity index (χ3n) is 6.04. The van der Waals surface area contributed by atoms with Gasteiger partial charge in [-0.2, -0.15) is 10.5 Å². The summed E-state index contributed by atoms with van der Waals surface area (Å²) in [5.74, 6) is 0. The number of nitro groups is 2. The molecular weight excluding hydrogens is 472 g/mol. The molecule has 0 aliphatic heterocycles. The fourth-order valence-electron chi connectivity index (χ4n) is 3.80. The van der Waals surface area contributed by atoms with Gasteiger partial charge in [-0.3, -0.25) is 20.2 Å². The van der Waals surface area contributed by atoms with E-state index in [2.05, 4.69) is 37.5 Å². The lowest BCUT2D eigenvalue weighted by Gasteiger charge is -2.30. The minimum absolute atomic E-state index is 0.106. The Morgan fingerprint density at radius 3 is 1.95 bits per heavy atom. The molecule has 0 aliphatic rings. The molecule has 10 nitrogen and oxygen atoms in total. The maximum Gasteiger partial charge on any atom is 0.289 e. The average molecular weight is 509 g/mol. The Balaban J connectivity index is 0.000000371. The van der Waals surface area contributed by atoms with Crippen molar-refractivity contribution >= 4 is 22.7 Å². The summed E-state index contributed by atoms with van der Waals surface area (Å²) in [5.41, 5.74) is 1.65. The molecule has 0 bridgehead atoms. The summed E-state index contributed by atoms with van der Waals surface area (Å²) in [6.07, 6.45) is 4.09. The van der Waals surface area contributed by atoms with E-state index in [1.807, 2.05) is 19.1 Å². The van der Waals surface area contributed by atoms with Gasteiger partial charge >= 0.3 is 0 Å². The van der Waals surface area contributed by atoms with Crippen molar-refractivity contribution in [3.05, 3.63) is 67.8 Å². The molecule has 198 valence electrons. The molecule has 0 radical (unpaired) electrons. The molecule has 0 saturated carbocycles. The van der Waals surface area contributed by atoms with Gasteiger partial charge in [-0.25, -0.2) is 0 Å². The van der Waals surface area contributed by atoms with Gasteiger partial charge in [0.2, 0.25) is 0 Å². The van der Waals surface area contributed by atoms with Crippen molar-refractivity contribution in [2.24, 2.45) is 0 Å². The molecule has 2 aromatic rings. The highest BCUT2D eigenvalue weighted by atomic mass is 16.6. The molecule has 0 spiro atoms. The first-order valence-corrected chi connectivity index (χ1v) is 12.6. The van der Waals surface area contributed by atoms with E-state index < -0.39 is 9.85 Å². The van der Waals surface area contributed by atoms with Gasteiger partial charge in [0.05, 0.1) is 9.85 Å². The Bertz CT molecular complexity index is 1140. The van der Waals surface area contributed by atoms with Gasteiger partial charge in [-0.15, -0.1) is 0 Å². The third kappa shape index (κ3) is 8.76. The highest BCUT2D eigenvalue weighted by Crippen LogP contribution is 2.27. The first-order valence-electron chi connectivity index (χ1n) is 12.6. The minimum Gasteiger partial charge on any atom is -0.372 e. The second-order valence-corrected chi connectivity index (χ2v) is 8.52. The summed E-state index contributed by atoms with van der Waals surface area (Å²) in [7, 11) is 0. The third-order valence-corrected chi connectivity index (χ3v) is 6.04. The number of unbranched alkanes of at least 4 members (excludes halogenated alkanes) is 1. The molecular formula is C27H36N6O4. The van der Waals surface area contributed by atoms with Crippen LogP contribution in [0.1, 0.15) is 71.4 Å². The Hall–Kier alpha value is -4.18. The molecule has 0 aliphatic carbocycles. The van der Waals surface area contributed by atoms with Gasteiger partial charge in [0, 0.05) is 49.2 Å². The molecule has 0 fully saturated rings. The normalized spacial score (nSPS) is 10.8. The number of hydrogen-bond acceptors (Lipinski definition) is 8. The van der Waals surface area contributed by atoms with E-state index in [1.165, 1.54) is 18.2 Å². The van der Waals surface area contributed by atoms with Crippen LogP contribution in [-0.4, -0.2) is 35.5 Å². The Morgan fingerprint density at radius 2 is 1.46 bits per heavy atom. The molecule has 0 heterocycles. The monoisotopic (exact) mass is 508 g/mol. The van der Waals surface area contributed by atoms with E-state index >= 15 is 0 Å². The molecule has 37 heavy (non-hydrogen) atoms. The van der Waals surface area contributed by atoms with Crippen molar-refractivity contribution in [2.75, 3.05) is 29.4 Å². The maximum atomic E-state index is 11.0. The molecule has 0 saturated heterocycles. The lowest BCUT2D eigenvalue weighted by molar-refractivity contribution is -0.385. The smallest absolute Gasteiger partial charge is 0.289 e.